The van der Waals surface area contributed by atoms with Crippen LogP contribution in [0.15, 0.2) is 79.0 Å². The van der Waals surface area contributed by atoms with Crippen LogP contribution in [-0.2, 0) is 16.1 Å². The number of methoxy groups -OCH3 is 2. The molecule has 2 amide bonds. The van der Waals surface area contributed by atoms with Gasteiger partial charge in [-0.15, -0.1) is 0 Å². The number of amides is 2. The highest BCUT2D eigenvalue weighted by Crippen LogP contribution is 2.38. The fourth-order valence-electron chi connectivity index (χ4n) is 5.62. The van der Waals surface area contributed by atoms with Gasteiger partial charge in [0.05, 0.1) is 14.2 Å². The van der Waals surface area contributed by atoms with E-state index in [1.54, 1.807) is 14.2 Å². The van der Waals surface area contributed by atoms with E-state index in [0.29, 0.717) is 37.4 Å². The zero-order chi connectivity index (χ0) is 27.4. The first-order chi connectivity index (χ1) is 19.0. The van der Waals surface area contributed by atoms with Crippen LogP contribution in [0.2, 0.25) is 0 Å². The third kappa shape index (κ3) is 5.77. The Labute approximate surface area is 229 Å². The van der Waals surface area contributed by atoms with E-state index in [1.807, 2.05) is 53.4 Å². The summed E-state index contributed by atoms with van der Waals surface area (Å²) >= 11 is 0. The van der Waals surface area contributed by atoms with E-state index in [-0.39, 0.29) is 30.1 Å². The molecule has 2 heterocycles. The van der Waals surface area contributed by atoms with E-state index >= 15 is 0 Å². The number of hydrogen-bond donors (Lipinski definition) is 1. The van der Waals surface area contributed by atoms with Crippen molar-refractivity contribution < 1.29 is 19.1 Å². The summed E-state index contributed by atoms with van der Waals surface area (Å²) in [6.45, 7) is 1.80. The minimum Gasteiger partial charge on any atom is -0.497 e. The molecule has 0 radical (unpaired) electrons. The van der Waals surface area contributed by atoms with Crippen LogP contribution in [0.1, 0.15) is 41.9 Å². The van der Waals surface area contributed by atoms with Gasteiger partial charge in [0.15, 0.2) is 0 Å². The van der Waals surface area contributed by atoms with Gasteiger partial charge in [-0.1, -0.05) is 48.5 Å². The van der Waals surface area contributed by atoms with Gasteiger partial charge in [-0.3, -0.25) is 9.59 Å². The lowest BCUT2D eigenvalue weighted by Gasteiger charge is -2.32. The van der Waals surface area contributed by atoms with Crippen molar-refractivity contribution in [2.24, 2.45) is 11.7 Å². The molecule has 4 aromatic rings. The summed E-state index contributed by atoms with van der Waals surface area (Å²) in [7, 11) is 3.26. The molecule has 1 aromatic heterocycles. The molecule has 3 aromatic carbocycles. The van der Waals surface area contributed by atoms with Gasteiger partial charge in [-0.25, -0.2) is 0 Å². The number of aromatic nitrogens is 1. The molecule has 1 saturated heterocycles. The fraction of sp³-hybridized carbons (Fsp3) is 0.312. The molecule has 1 aliphatic heterocycles. The quantitative estimate of drug-likeness (QED) is 0.335. The van der Waals surface area contributed by atoms with Crippen LogP contribution in [0.3, 0.4) is 0 Å². The summed E-state index contributed by atoms with van der Waals surface area (Å²) in [6.07, 6.45) is 3.68. The molecule has 7 heteroatoms. The lowest BCUT2D eigenvalue weighted by atomic mass is 9.87. The van der Waals surface area contributed by atoms with Crippen molar-refractivity contribution in [3.8, 4) is 11.5 Å². The fourth-order valence-corrected chi connectivity index (χ4v) is 5.62. The van der Waals surface area contributed by atoms with Gasteiger partial charge in [0.2, 0.25) is 11.8 Å². The molecule has 1 unspecified atom stereocenters. The summed E-state index contributed by atoms with van der Waals surface area (Å²) in [5.41, 5.74) is 9.87. The summed E-state index contributed by atoms with van der Waals surface area (Å²) in [4.78, 5) is 27.2. The number of piperidine rings is 1. The molecule has 1 atom stereocenters. The van der Waals surface area contributed by atoms with E-state index < -0.39 is 0 Å². The Bertz CT molecular complexity index is 1430. The van der Waals surface area contributed by atoms with E-state index in [2.05, 4.69) is 35.0 Å². The highest BCUT2D eigenvalue weighted by atomic mass is 16.5. The molecule has 7 nitrogen and oxygen atoms in total. The number of carbonyl (C=O) groups is 2. The van der Waals surface area contributed by atoms with Gasteiger partial charge in [0.25, 0.3) is 0 Å². The van der Waals surface area contributed by atoms with Gasteiger partial charge in [-0.05, 0) is 47.7 Å². The van der Waals surface area contributed by atoms with E-state index in [0.717, 1.165) is 28.6 Å². The molecule has 0 bridgehead atoms. The monoisotopic (exact) mass is 525 g/mol. The molecule has 0 saturated carbocycles. The maximum absolute atomic E-state index is 13.7. The van der Waals surface area contributed by atoms with Crippen molar-refractivity contribution in [1.29, 1.82) is 0 Å². The van der Waals surface area contributed by atoms with Gasteiger partial charge < -0.3 is 24.7 Å². The maximum atomic E-state index is 13.7. The van der Waals surface area contributed by atoms with Gasteiger partial charge in [0, 0.05) is 61.1 Å². The lowest BCUT2D eigenvalue weighted by molar-refractivity contribution is -0.135. The smallest absolute Gasteiger partial charge is 0.223 e. The minimum atomic E-state index is -0.283. The number of nitrogens with zero attached hydrogens (tertiary/aromatic N) is 2. The predicted octanol–water partition coefficient (Wildman–Crippen LogP) is 4.95. The van der Waals surface area contributed by atoms with Crippen molar-refractivity contribution in [2.75, 3.05) is 27.3 Å². The molecule has 0 aliphatic carbocycles. The molecule has 202 valence electrons. The Kier molecular flexibility index (Phi) is 7.87. The van der Waals surface area contributed by atoms with Gasteiger partial charge in [-0.2, -0.15) is 0 Å². The van der Waals surface area contributed by atoms with Crippen molar-refractivity contribution in [3.05, 3.63) is 95.7 Å². The largest absolute Gasteiger partial charge is 0.497 e. The van der Waals surface area contributed by atoms with Crippen molar-refractivity contribution in [1.82, 2.24) is 9.47 Å². The van der Waals surface area contributed by atoms with Crippen LogP contribution >= 0.6 is 0 Å². The third-order valence-corrected chi connectivity index (χ3v) is 7.80. The summed E-state index contributed by atoms with van der Waals surface area (Å²) in [5.74, 6) is 0.745. The van der Waals surface area contributed by atoms with Crippen LogP contribution in [0.5, 0.6) is 11.5 Å². The van der Waals surface area contributed by atoms with Gasteiger partial charge in [0.1, 0.15) is 11.5 Å². The third-order valence-electron chi connectivity index (χ3n) is 7.80. The Morgan fingerprint density at radius 1 is 0.923 bits per heavy atom. The first kappa shape index (κ1) is 26.4. The summed E-state index contributed by atoms with van der Waals surface area (Å²) < 4.78 is 13.4. The van der Waals surface area contributed by atoms with Crippen molar-refractivity contribution in [2.45, 2.75) is 31.7 Å². The number of fused-ring (bicyclic) bond motifs is 1. The molecule has 2 N–H and O–H groups in total. The number of para-hydroxylation sites is 1. The number of likely N-dealkylation sites (tertiary alicyclic amines) is 1. The molecular weight excluding hydrogens is 490 g/mol. The number of hydrogen-bond acceptors (Lipinski definition) is 4. The lowest BCUT2D eigenvalue weighted by Crippen LogP contribution is -2.42. The number of rotatable bonds is 9. The Hall–Kier alpha value is -4.26. The second-order valence-electron chi connectivity index (χ2n) is 10.2. The highest BCUT2D eigenvalue weighted by molar-refractivity contribution is 5.87. The molecule has 5 rings (SSSR count). The molecular formula is C32H35N3O4. The Morgan fingerprint density at radius 2 is 1.56 bits per heavy atom. The van der Waals surface area contributed by atoms with E-state index in [1.165, 1.54) is 5.56 Å². The average molecular weight is 526 g/mol. The van der Waals surface area contributed by atoms with Crippen LogP contribution in [0, 0.1) is 5.92 Å². The summed E-state index contributed by atoms with van der Waals surface area (Å²) in [5, 5.41) is 1.11. The zero-order valence-electron chi connectivity index (χ0n) is 22.5. The van der Waals surface area contributed by atoms with E-state index in [4.69, 9.17) is 15.2 Å². The summed E-state index contributed by atoms with van der Waals surface area (Å²) in [6, 6.07) is 24.5. The Morgan fingerprint density at radius 3 is 2.21 bits per heavy atom. The van der Waals surface area contributed by atoms with Gasteiger partial charge >= 0.3 is 0 Å². The number of carbonyl (C=O) groups excluding carboxylic acids is 2. The van der Waals surface area contributed by atoms with Crippen LogP contribution in [-0.4, -0.2) is 48.6 Å². The number of primary amides is 1. The Balaban J connectivity index is 1.55. The number of ether oxygens (including phenoxy) is 2. The second-order valence-corrected chi connectivity index (χ2v) is 10.2. The standard InChI is InChI=1S/C32H35N3O4/c1-38-25-16-24(17-26(18-25)39-2)28(19-31(36)34-14-12-23(13-15-34)32(33)37)29-21-35(20-22-8-4-3-5-9-22)30-11-7-6-10-27(29)30/h3-11,16-18,21,23,28H,12-15,19-20H2,1-2H3,(H2,33,37). The second kappa shape index (κ2) is 11.6. The maximum Gasteiger partial charge on any atom is 0.223 e. The average Bonchev–Trinajstić information content (AvgIpc) is 3.33. The van der Waals surface area contributed by atoms with Crippen LogP contribution in [0.25, 0.3) is 10.9 Å². The van der Waals surface area contributed by atoms with Crippen LogP contribution in [0.4, 0.5) is 0 Å². The normalized spacial score (nSPS) is 14.8. The zero-order valence-corrected chi connectivity index (χ0v) is 22.5. The minimum absolute atomic E-state index is 0.0598. The first-order valence-electron chi connectivity index (χ1n) is 13.4. The highest BCUT2D eigenvalue weighted by Gasteiger charge is 2.30. The topological polar surface area (TPSA) is 86.8 Å². The number of nitrogens with two attached hydrogens (primary N) is 1. The predicted molar refractivity (Wildman–Crippen MR) is 152 cm³/mol. The van der Waals surface area contributed by atoms with Crippen LogP contribution < -0.4 is 15.2 Å². The molecule has 1 fully saturated rings. The first-order valence-corrected chi connectivity index (χ1v) is 13.4. The SMILES string of the molecule is COc1cc(OC)cc(C(CC(=O)N2CCC(C(N)=O)CC2)c2cn(Cc3ccccc3)c3ccccc23)c1. The molecule has 39 heavy (non-hydrogen) atoms. The van der Waals surface area contributed by atoms with E-state index in [9.17, 15) is 9.59 Å². The number of benzene rings is 3. The molecule has 0 spiro atoms. The van der Waals surface area contributed by atoms with Crippen molar-refractivity contribution >= 4 is 22.7 Å². The molecule has 1 aliphatic rings. The van der Waals surface area contributed by atoms with Crippen molar-refractivity contribution in [3.63, 3.8) is 0 Å².